The van der Waals surface area contributed by atoms with Crippen molar-refractivity contribution >= 4 is 16.4 Å². The van der Waals surface area contributed by atoms with Crippen molar-refractivity contribution in [2.45, 2.75) is 0 Å². The molecule has 1 rings (SSSR count). The first-order valence-corrected chi connectivity index (χ1v) is 4.33. The van der Waals surface area contributed by atoms with Gasteiger partial charge < -0.3 is 5.32 Å². The second-order valence-electron chi connectivity index (χ2n) is 1.84. The van der Waals surface area contributed by atoms with Crippen LogP contribution in [0.3, 0.4) is 0 Å². The molecule has 0 aliphatic rings. The van der Waals surface area contributed by atoms with Gasteiger partial charge in [0, 0.05) is 0 Å². The van der Waals surface area contributed by atoms with E-state index < -0.39 is 10.7 Å². The van der Waals surface area contributed by atoms with E-state index in [4.69, 9.17) is 0 Å². The van der Waals surface area contributed by atoms with E-state index in [1.165, 1.54) is 6.20 Å². The summed E-state index contributed by atoms with van der Waals surface area (Å²) in [5.41, 5.74) is 0.683. The largest absolute Gasteiger partial charge is 0.371 e. The van der Waals surface area contributed by atoms with Crippen molar-refractivity contribution in [1.82, 2.24) is 4.98 Å². The average Bonchev–Trinajstić information content (AvgIpc) is 2.03. The molecule has 5 heteroatoms. The summed E-state index contributed by atoms with van der Waals surface area (Å²) >= 11 is 0. The van der Waals surface area contributed by atoms with E-state index >= 15 is 0 Å². The topological polar surface area (TPSA) is 59.1 Å². The predicted molar refractivity (Wildman–Crippen MR) is 41.9 cm³/mol. The van der Waals surface area contributed by atoms with Crippen LogP contribution >= 0.6 is 0 Å². The summed E-state index contributed by atoms with van der Waals surface area (Å²) < 4.78 is 20.2. The first-order valence-electron chi connectivity index (χ1n) is 2.97. The summed E-state index contributed by atoms with van der Waals surface area (Å²) in [7, 11) is -2.37. The summed E-state index contributed by atoms with van der Waals surface area (Å²) in [6.45, 7) is 0. The third-order valence-electron chi connectivity index (χ3n) is 1.03. The predicted octanol–water partition coefficient (Wildman–Crippen LogP) is -0.137. The molecular weight excluding hydrogens is 164 g/mol. The minimum atomic E-state index is -2.37. The van der Waals surface area contributed by atoms with E-state index in [2.05, 4.69) is 16.5 Å². The molecule has 0 unspecified atom stereocenters. The van der Waals surface area contributed by atoms with E-state index in [9.17, 15) is 8.42 Å². The first-order chi connectivity index (χ1) is 5.29. The van der Waals surface area contributed by atoms with Crippen LogP contribution in [0.25, 0.3) is 0 Å². The van der Waals surface area contributed by atoms with Crippen molar-refractivity contribution in [3.63, 3.8) is 0 Å². The van der Waals surface area contributed by atoms with Crippen LogP contribution in [0, 0.1) is 6.20 Å². The lowest BCUT2D eigenvalue weighted by molar-refractivity contribution is 0.616. The summed E-state index contributed by atoms with van der Waals surface area (Å²) in [5.74, 6) is -0.0545. The molecule has 0 aliphatic heterocycles. The van der Waals surface area contributed by atoms with E-state index in [-0.39, 0.29) is 5.88 Å². The summed E-state index contributed by atoms with van der Waals surface area (Å²) in [6.07, 6.45) is 4.09. The molecule has 1 radical (unpaired) electrons. The van der Waals surface area contributed by atoms with Gasteiger partial charge in [-0.1, -0.05) is 0 Å². The van der Waals surface area contributed by atoms with Gasteiger partial charge in [0.2, 0.25) is 0 Å². The molecule has 0 aromatic carbocycles. The maximum atomic E-state index is 10.1. The molecule has 1 aromatic heterocycles. The number of rotatable bonds is 3. The highest BCUT2D eigenvalue weighted by molar-refractivity contribution is 7.72. The molecule has 4 nitrogen and oxygen atoms in total. The van der Waals surface area contributed by atoms with Gasteiger partial charge in [-0.2, -0.15) is 0 Å². The fourth-order valence-electron chi connectivity index (χ4n) is 0.580. The molecule has 0 aliphatic carbocycles. The van der Waals surface area contributed by atoms with E-state index in [0.717, 1.165) is 0 Å². The number of anilines is 1. The summed E-state index contributed by atoms with van der Waals surface area (Å²) in [4.78, 5) is 3.68. The molecule has 1 N–H and O–H groups in total. The Kier molecular flexibility index (Phi) is 2.85. The lowest BCUT2D eigenvalue weighted by atomic mass is 10.4. The highest BCUT2D eigenvalue weighted by Crippen LogP contribution is 2.00. The Morgan fingerprint density at radius 3 is 3.00 bits per heavy atom. The van der Waals surface area contributed by atoms with Crippen molar-refractivity contribution < 1.29 is 8.42 Å². The average molecular weight is 171 g/mol. The zero-order chi connectivity index (χ0) is 8.10. The molecule has 0 fully saturated rings. The highest BCUT2D eigenvalue weighted by atomic mass is 32.2. The molecule has 0 saturated heterocycles. The normalized spacial score (nSPS) is 9.91. The molecule has 0 atom stereocenters. The fourth-order valence-corrected chi connectivity index (χ4v) is 0.892. The number of nitrogens with one attached hydrogen (secondary N) is 1. The van der Waals surface area contributed by atoms with Crippen LogP contribution < -0.4 is 5.32 Å². The zero-order valence-corrected chi connectivity index (χ0v) is 6.54. The van der Waals surface area contributed by atoms with Crippen LogP contribution in [0.4, 0.5) is 5.69 Å². The minimum absolute atomic E-state index is 0.0545. The zero-order valence-electron chi connectivity index (χ0n) is 5.65. The Balaban J connectivity index is 2.52. The first kappa shape index (κ1) is 8.00. The van der Waals surface area contributed by atoms with Gasteiger partial charge in [-0.05, 0) is 12.1 Å². The van der Waals surface area contributed by atoms with Crippen LogP contribution in [0.5, 0.6) is 0 Å². The molecule has 0 bridgehead atoms. The van der Waals surface area contributed by atoms with E-state index in [1.54, 1.807) is 12.1 Å². The van der Waals surface area contributed by atoms with E-state index in [0.29, 0.717) is 5.69 Å². The van der Waals surface area contributed by atoms with Gasteiger partial charge in [0.1, 0.15) is 5.88 Å². The molecule has 1 aromatic rings. The molecule has 0 spiro atoms. The quantitative estimate of drug-likeness (QED) is 0.621. The van der Waals surface area contributed by atoms with Gasteiger partial charge in [-0.3, -0.25) is 4.98 Å². The van der Waals surface area contributed by atoms with Crippen molar-refractivity contribution in [1.29, 1.82) is 0 Å². The van der Waals surface area contributed by atoms with Gasteiger partial charge in [-0.25, -0.2) is 8.42 Å². The summed E-state index contributed by atoms with van der Waals surface area (Å²) in [6, 6.07) is 3.31. The maximum Gasteiger partial charge on any atom is 0.158 e. The second-order valence-corrected chi connectivity index (χ2v) is 2.83. The Bertz CT molecular complexity index is 276. The number of pyridine rings is 1. The van der Waals surface area contributed by atoms with Gasteiger partial charge in [0.25, 0.3) is 0 Å². The van der Waals surface area contributed by atoms with Crippen LogP contribution in [0.1, 0.15) is 0 Å². The monoisotopic (exact) mass is 171 g/mol. The van der Waals surface area contributed by atoms with Gasteiger partial charge in [0.05, 0.1) is 18.1 Å². The molecule has 0 amide bonds. The standard InChI is InChI=1S/C6H7N2O2S/c9-11(10)5-8-6-2-1-3-7-4-6/h1-2,4,8,11H,5H2. The van der Waals surface area contributed by atoms with Gasteiger partial charge in [-0.15, -0.1) is 0 Å². The number of hydrogen-bond acceptors (Lipinski definition) is 4. The molecule has 11 heavy (non-hydrogen) atoms. The Morgan fingerprint density at radius 2 is 2.45 bits per heavy atom. The number of hydrogen-bond donors (Lipinski definition) is 2. The number of thiol groups is 1. The second kappa shape index (κ2) is 3.92. The van der Waals surface area contributed by atoms with E-state index in [1.807, 2.05) is 0 Å². The number of aromatic nitrogens is 1. The number of nitrogens with zero attached hydrogens (tertiary/aromatic N) is 1. The van der Waals surface area contributed by atoms with Crippen molar-refractivity contribution in [3.8, 4) is 0 Å². The molecular formula is C6H7N2O2S. The van der Waals surface area contributed by atoms with Crippen LogP contribution in [0.2, 0.25) is 0 Å². The Labute approximate surface area is 66.2 Å². The van der Waals surface area contributed by atoms with Crippen LogP contribution in [-0.4, -0.2) is 19.3 Å². The lowest BCUT2D eigenvalue weighted by Gasteiger charge is -1.98. The third-order valence-corrected chi connectivity index (χ3v) is 1.44. The lowest BCUT2D eigenvalue weighted by Crippen LogP contribution is -2.02. The third kappa shape index (κ3) is 2.99. The SMILES string of the molecule is O=[SH](=O)CNc1cc[c]nc1. The van der Waals surface area contributed by atoms with Crippen LogP contribution in [-0.2, 0) is 10.7 Å². The smallest absolute Gasteiger partial charge is 0.158 e. The minimum Gasteiger partial charge on any atom is -0.371 e. The van der Waals surface area contributed by atoms with Crippen molar-refractivity contribution in [2.75, 3.05) is 11.2 Å². The highest BCUT2D eigenvalue weighted by Gasteiger charge is 1.88. The Hall–Kier alpha value is -1.10. The summed E-state index contributed by atoms with van der Waals surface area (Å²) in [5, 5.41) is 2.67. The fraction of sp³-hybridized carbons (Fsp3) is 0.167. The molecule has 0 saturated carbocycles. The van der Waals surface area contributed by atoms with Crippen molar-refractivity contribution in [3.05, 3.63) is 24.5 Å². The van der Waals surface area contributed by atoms with Crippen LogP contribution in [0.15, 0.2) is 18.3 Å². The van der Waals surface area contributed by atoms with Gasteiger partial charge >= 0.3 is 0 Å². The van der Waals surface area contributed by atoms with Crippen molar-refractivity contribution in [2.24, 2.45) is 0 Å². The Morgan fingerprint density at radius 1 is 1.64 bits per heavy atom. The molecule has 59 valence electrons. The van der Waals surface area contributed by atoms with Gasteiger partial charge in [0.15, 0.2) is 10.7 Å². The maximum absolute atomic E-state index is 10.1. The molecule has 1 heterocycles.